The van der Waals surface area contributed by atoms with Crippen molar-refractivity contribution in [3.05, 3.63) is 24.3 Å². The largest absolute Gasteiger partial charge is 0.272 e. The predicted molar refractivity (Wildman–Crippen MR) is 93.6 cm³/mol. The first-order chi connectivity index (χ1) is 10.7. The van der Waals surface area contributed by atoms with Gasteiger partial charge in [0, 0.05) is 5.71 Å². The Morgan fingerprint density at radius 1 is 1.45 bits per heavy atom. The van der Waals surface area contributed by atoms with Crippen LogP contribution in [0, 0.1) is 5.92 Å². The van der Waals surface area contributed by atoms with Gasteiger partial charge in [-0.05, 0) is 37.3 Å². The molecule has 0 spiro atoms. The highest BCUT2D eigenvalue weighted by Gasteiger charge is 2.16. The van der Waals surface area contributed by atoms with E-state index in [0.717, 1.165) is 26.7 Å². The molecule has 4 nitrogen and oxygen atoms in total. The van der Waals surface area contributed by atoms with Gasteiger partial charge in [0.2, 0.25) is 0 Å². The molecule has 1 heterocycles. The van der Waals surface area contributed by atoms with Crippen LogP contribution in [0.2, 0.25) is 0 Å². The number of rotatable bonds is 4. The lowest BCUT2D eigenvalue weighted by atomic mass is 9.89. The molecule has 1 aliphatic carbocycles. The summed E-state index contributed by atoms with van der Waals surface area (Å²) in [5.74, 6) is 0.783. The topological polar surface area (TPSA) is 54.4 Å². The van der Waals surface area contributed by atoms with E-state index >= 15 is 0 Å². The Morgan fingerprint density at radius 3 is 3.14 bits per heavy atom. The molecule has 0 bridgehead atoms. The number of thiazole rings is 1. The maximum Gasteiger partial charge on any atom is 0.250 e. The summed E-state index contributed by atoms with van der Waals surface area (Å²) in [4.78, 5) is 16.4. The molecular weight excluding hydrogens is 314 g/mol. The Labute approximate surface area is 138 Å². The summed E-state index contributed by atoms with van der Waals surface area (Å²) in [5.41, 5.74) is 4.81. The van der Waals surface area contributed by atoms with Gasteiger partial charge in [0.1, 0.15) is 0 Å². The zero-order valence-corrected chi connectivity index (χ0v) is 14.2. The minimum absolute atomic E-state index is 0.0606. The summed E-state index contributed by atoms with van der Waals surface area (Å²) in [6.07, 6.45) is 4.63. The summed E-state index contributed by atoms with van der Waals surface area (Å²) in [6.45, 7) is 2.18. The Hall–Kier alpha value is -1.40. The van der Waals surface area contributed by atoms with E-state index in [2.05, 4.69) is 22.4 Å². The summed E-state index contributed by atoms with van der Waals surface area (Å²) in [6, 6.07) is 8.02. The fourth-order valence-electron chi connectivity index (χ4n) is 2.54. The van der Waals surface area contributed by atoms with E-state index in [0.29, 0.717) is 11.7 Å². The lowest BCUT2D eigenvalue weighted by Crippen LogP contribution is -2.25. The van der Waals surface area contributed by atoms with Gasteiger partial charge in [0.15, 0.2) is 4.34 Å². The third-order valence-electron chi connectivity index (χ3n) is 3.81. The molecule has 116 valence electrons. The van der Waals surface area contributed by atoms with Crippen LogP contribution in [0.3, 0.4) is 0 Å². The number of aromatic nitrogens is 1. The van der Waals surface area contributed by atoms with Crippen molar-refractivity contribution in [1.29, 1.82) is 0 Å². The Balaban J connectivity index is 1.52. The zero-order valence-electron chi connectivity index (χ0n) is 12.5. The Bertz CT molecular complexity index is 663. The highest BCUT2D eigenvalue weighted by Crippen LogP contribution is 2.29. The van der Waals surface area contributed by atoms with E-state index in [4.69, 9.17) is 0 Å². The van der Waals surface area contributed by atoms with Crippen molar-refractivity contribution in [2.24, 2.45) is 11.0 Å². The smallest absolute Gasteiger partial charge is 0.250 e. The maximum absolute atomic E-state index is 11.9. The number of para-hydroxylation sites is 1. The van der Waals surface area contributed by atoms with Crippen LogP contribution in [0.25, 0.3) is 10.2 Å². The molecule has 0 radical (unpaired) electrons. The SMILES string of the molecule is C[C@@H]1CCCCC1=NNC(=O)CSc1nc2ccccc2s1. The lowest BCUT2D eigenvalue weighted by Gasteiger charge is -2.19. The van der Waals surface area contributed by atoms with Crippen LogP contribution in [0.1, 0.15) is 32.6 Å². The molecule has 0 unspecified atom stereocenters. The highest BCUT2D eigenvalue weighted by atomic mass is 32.2. The number of hydrogen-bond acceptors (Lipinski definition) is 5. The van der Waals surface area contributed by atoms with Crippen LogP contribution in [0.15, 0.2) is 33.7 Å². The summed E-state index contributed by atoms with van der Waals surface area (Å²) < 4.78 is 2.08. The molecule has 1 N–H and O–H groups in total. The quantitative estimate of drug-likeness (QED) is 0.678. The minimum Gasteiger partial charge on any atom is -0.272 e. The van der Waals surface area contributed by atoms with E-state index in [9.17, 15) is 4.79 Å². The number of nitrogens with zero attached hydrogens (tertiary/aromatic N) is 2. The molecule has 1 aliphatic rings. The van der Waals surface area contributed by atoms with Crippen molar-refractivity contribution in [2.45, 2.75) is 36.9 Å². The van der Waals surface area contributed by atoms with Crippen LogP contribution in [-0.4, -0.2) is 22.4 Å². The van der Waals surface area contributed by atoms with Gasteiger partial charge in [-0.2, -0.15) is 5.10 Å². The second kappa shape index (κ2) is 7.24. The number of hydrazone groups is 1. The summed E-state index contributed by atoms with van der Waals surface area (Å²) in [7, 11) is 0. The molecular formula is C16H19N3OS2. The molecule has 3 rings (SSSR count). The van der Waals surface area contributed by atoms with Crippen LogP contribution in [-0.2, 0) is 4.79 Å². The summed E-state index contributed by atoms with van der Waals surface area (Å²) in [5, 5.41) is 4.31. The second-order valence-electron chi connectivity index (χ2n) is 5.52. The summed E-state index contributed by atoms with van der Waals surface area (Å²) >= 11 is 3.09. The number of nitrogens with one attached hydrogen (secondary N) is 1. The number of carbonyl (C=O) groups excluding carboxylic acids is 1. The van der Waals surface area contributed by atoms with Gasteiger partial charge in [-0.1, -0.05) is 37.2 Å². The third-order valence-corrected chi connectivity index (χ3v) is 5.99. The molecule has 6 heteroatoms. The van der Waals surface area contributed by atoms with Gasteiger partial charge in [0.05, 0.1) is 16.0 Å². The van der Waals surface area contributed by atoms with Crippen molar-refractivity contribution in [3.8, 4) is 0 Å². The Morgan fingerprint density at radius 2 is 2.32 bits per heavy atom. The first-order valence-corrected chi connectivity index (χ1v) is 9.36. The van der Waals surface area contributed by atoms with Crippen molar-refractivity contribution in [2.75, 3.05) is 5.75 Å². The highest BCUT2D eigenvalue weighted by molar-refractivity contribution is 8.01. The normalized spacial score (nSPS) is 20.4. The average molecular weight is 333 g/mol. The van der Waals surface area contributed by atoms with E-state index in [-0.39, 0.29) is 5.91 Å². The van der Waals surface area contributed by atoms with Crippen LogP contribution in [0.4, 0.5) is 0 Å². The van der Waals surface area contributed by atoms with Crippen molar-refractivity contribution >= 4 is 44.9 Å². The monoisotopic (exact) mass is 333 g/mol. The van der Waals surface area contributed by atoms with Gasteiger partial charge in [-0.15, -0.1) is 11.3 Å². The Kier molecular flexibility index (Phi) is 5.10. The minimum atomic E-state index is -0.0606. The van der Waals surface area contributed by atoms with E-state index in [1.807, 2.05) is 24.3 Å². The molecule has 1 aromatic carbocycles. The second-order valence-corrected chi connectivity index (χ2v) is 7.77. The fourth-order valence-corrected chi connectivity index (χ4v) is 4.40. The first-order valence-electron chi connectivity index (χ1n) is 7.56. The van der Waals surface area contributed by atoms with Crippen LogP contribution >= 0.6 is 23.1 Å². The predicted octanol–water partition coefficient (Wildman–Crippen LogP) is 4.07. The van der Waals surface area contributed by atoms with Gasteiger partial charge < -0.3 is 0 Å². The average Bonchev–Trinajstić information content (AvgIpc) is 2.95. The number of hydrogen-bond donors (Lipinski definition) is 1. The van der Waals surface area contributed by atoms with Crippen LogP contribution in [0.5, 0.6) is 0 Å². The van der Waals surface area contributed by atoms with Crippen molar-refractivity contribution in [3.63, 3.8) is 0 Å². The molecule has 1 atom stereocenters. The molecule has 1 amide bonds. The number of carbonyl (C=O) groups is 1. The molecule has 0 aliphatic heterocycles. The lowest BCUT2D eigenvalue weighted by molar-refractivity contribution is -0.118. The van der Waals surface area contributed by atoms with Crippen LogP contribution < -0.4 is 5.43 Å². The van der Waals surface area contributed by atoms with E-state index in [1.165, 1.54) is 31.0 Å². The van der Waals surface area contributed by atoms with Crippen molar-refractivity contribution in [1.82, 2.24) is 10.4 Å². The number of benzene rings is 1. The molecule has 1 aromatic heterocycles. The molecule has 0 saturated heterocycles. The van der Waals surface area contributed by atoms with E-state index in [1.54, 1.807) is 11.3 Å². The van der Waals surface area contributed by atoms with Gasteiger partial charge in [-0.3, -0.25) is 4.79 Å². The van der Waals surface area contributed by atoms with Gasteiger partial charge >= 0.3 is 0 Å². The first kappa shape index (κ1) is 15.5. The number of fused-ring (bicyclic) bond motifs is 1. The van der Waals surface area contributed by atoms with E-state index < -0.39 is 0 Å². The third kappa shape index (κ3) is 3.87. The molecule has 22 heavy (non-hydrogen) atoms. The van der Waals surface area contributed by atoms with Gasteiger partial charge in [0.25, 0.3) is 5.91 Å². The van der Waals surface area contributed by atoms with Gasteiger partial charge in [-0.25, -0.2) is 10.4 Å². The zero-order chi connectivity index (χ0) is 15.4. The standard InChI is InChI=1S/C16H19N3OS2/c1-11-6-2-3-7-12(11)18-19-15(20)10-21-16-17-13-8-4-5-9-14(13)22-16/h4-5,8-9,11H,2-3,6-7,10H2,1H3,(H,19,20)/t11-/m1/s1. The number of amides is 1. The number of thioether (sulfide) groups is 1. The van der Waals surface area contributed by atoms with Crippen molar-refractivity contribution < 1.29 is 4.79 Å². The molecule has 1 fully saturated rings. The fraction of sp³-hybridized carbons (Fsp3) is 0.438. The molecule has 2 aromatic rings. The molecule has 1 saturated carbocycles. The maximum atomic E-state index is 11.9.